The molecule has 0 saturated carbocycles. The number of halogens is 4. The van der Waals surface area contributed by atoms with Crippen molar-refractivity contribution in [2.24, 2.45) is 10.9 Å². The van der Waals surface area contributed by atoms with Gasteiger partial charge in [-0.2, -0.15) is 13.2 Å². The molecule has 0 radical (unpaired) electrons. The molecule has 1 fully saturated rings. The third-order valence-corrected chi connectivity index (χ3v) is 4.34. The summed E-state index contributed by atoms with van der Waals surface area (Å²) in [5.41, 5.74) is 0.152. The van der Waals surface area contributed by atoms with Gasteiger partial charge in [-0.1, -0.05) is 19.1 Å². The summed E-state index contributed by atoms with van der Waals surface area (Å²) in [6, 6.07) is 5.18. The summed E-state index contributed by atoms with van der Waals surface area (Å²) < 4.78 is 37.6. The van der Waals surface area contributed by atoms with E-state index in [1.165, 1.54) is 18.6 Å². The Morgan fingerprint density at radius 1 is 1.24 bits per heavy atom. The zero-order valence-corrected chi connectivity index (χ0v) is 16.9. The molecule has 1 atom stereocenters. The number of hydrogen-bond acceptors (Lipinski definition) is 2. The fourth-order valence-corrected chi connectivity index (χ4v) is 2.83. The summed E-state index contributed by atoms with van der Waals surface area (Å²) in [7, 11) is 1.69. The van der Waals surface area contributed by atoms with Crippen LogP contribution in [0.5, 0.6) is 0 Å². The first-order valence-corrected chi connectivity index (χ1v) is 8.25. The summed E-state index contributed by atoms with van der Waals surface area (Å²) in [4.78, 5) is 6.58. The molecule has 1 aliphatic rings. The van der Waals surface area contributed by atoms with E-state index < -0.39 is 11.7 Å². The lowest BCUT2D eigenvalue weighted by molar-refractivity contribution is -0.137. The van der Waals surface area contributed by atoms with Gasteiger partial charge in [0.15, 0.2) is 5.96 Å². The van der Waals surface area contributed by atoms with Crippen molar-refractivity contribution in [1.82, 2.24) is 15.5 Å². The molecule has 142 valence electrons. The Hall–Kier alpha value is -1.03. The highest BCUT2D eigenvalue weighted by molar-refractivity contribution is 14.0. The Morgan fingerprint density at radius 2 is 1.92 bits per heavy atom. The number of likely N-dealkylation sites (tertiary alicyclic amines) is 1. The monoisotopic (exact) mass is 470 g/mol. The van der Waals surface area contributed by atoms with E-state index >= 15 is 0 Å². The van der Waals surface area contributed by atoms with E-state index in [9.17, 15) is 13.2 Å². The molecule has 1 saturated heterocycles. The topological polar surface area (TPSA) is 39.7 Å². The molecular formula is C17H26F3IN4. The highest BCUT2D eigenvalue weighted by Gasteiger charge is 2.29. The first kappa shape index (κ1) is 22.0. The number of alkyl halides is 3. The predicted octanol–water partition coefficient (Wildman–Crippen LogP) is 3.33. The van der Waals surface area contributed by atoms with Gasteiger partial charge in [-0.25, -0.2) is 0 Å². The molecule has 1 aromatic carbocycles. The van der Waals surface area contributed by atoms with Gasteiger partial charge in [0.05, 0.1) is 5.56 Å². The van der Waals surface area contributed by atoms with Crippen LogP contribution in [0, 0.1) is 5.92 Å². The fraction of sp³-hybridized carbons (Fsp3) is 0.588. The van der Waals surface area contributed by atoms with Gasteiger partial charge in [-0.15, -0.1) is 24.0 Å². The lowest BCUT2D eigenvalue weighted by atomic mass is 10.1. The minimum atomic E-state index is -4.29. The van der Waals surface area contributed by atoms with Gasteiger partial charge < -0.3 is 15.5 Å². The maximum Gasteiger partial charge on any atom is 0.416 e. The van der Waals surface area contributed by atoms with Crippen LogP contribution >= 0.6 is 24.0 Å². The van der Waals surface area contributed by atoms with Crippen molar-refractivity contribution >= 4 is 29.9 Å². The van der Waals surface area contributed by atoms with E-state index in [0.717, 1.165) is 43.9 Å². The van der Waals surface area contributed by atoms with Gasteiger partial charge >= 0.3 is 6.18 Å². The molecule has 0 spiro atoms. The Bertz CT molecular complexity index is 546. The molecule has 1 unspecified atom stereocenters. The highest BCUT2D eigenvalue weighted by Crippen LogP contribution is 2.29. The van der Waals surface area contributed by atoms with Gasteiger partial charge in [0.25, 0.3) is 0 Å². The second-order valence-electron chi connectivity index (χ2n) is 6.05. The van der Waals surface area contributed by atoms with Crippen LogP contribution in [0.2, 0.25) is 0 Å². The third kappa shape index (κ3) is 7.01. The zero-order chi connectivity index (χ0) is 17.6. The predicted molar refractivity (Wildman–Crippen MR) is 105 cm³/mol. The number of hydrogen-bond donors (Lipinski definition) is 2. The second-order valence-corrected chi connectivity index (χ2v) is 6.05. The second kappa shape index (κ2) is 10.2. The fourth-order valence-electron chi connectivity index (χ4n) is 2.83. The van der Waals surface area contributed by atoms with Crippen molar-refractivity contribution in [3.63, 3.8) is 0 Å². The minimum Gasteiger partial charge on any atom is -0.356 e. The molecule has 25 heavy (non-hydrogen) atoms. The average molecular weight is 470 g/mol. The van der Waals surface area contributed by atoms with Crippen LogP contribution in [0.1, 0.15) is 24.5 Å². The van der Waals surface area contributed by atoms with Crippen molar-refractivity contribution in [2.75, 3.05) is 33.2 Å². The molecule has 0 aromatic heterocycles. The van der Waals surface area contributed by atoms with E-state index in [0.29, 0.717) is 18.4 Å². The maximum absolute atomic E-state index is 12.5. The first-order valence-electron chi connectivity index (χ1n) is 8.25. The zero-order valence-electron chi connectivity index (χ0n) is 14.6. The number of aliphatic imine (C=N–C) groups is 1. The number of benzene rings is 1. The van der Waals surface area contributed by atoms with Crippen molar-refractivity contribution in [3.05, 3.63) is 35.4 Å². The summed E-state index contributed by atoms with van der Waals surface area (Å²) in [6.45, 7) is 6.77. The Kier molecular flexibility index (Phi) is 8.98. The number of nitrogens with zero attached hydrogens (tertiary/aromatic N) is 2. The van der Waals surface area contributed by atoms with Crippen LogP contribution in [-0.2, 0) is 12.7 Å². The van der Waals surface area contributed by atoms with Crippen LogP contribution in [0.25, 0.3) is 0 Å². The van der Waals surface area contributed by atoms with Crippen molar-refractivity contribution in [2.45, 2.75) is 26.1 Å². The Labute approximate surface area is 164 Å². The number of nitrogens with one attached hydrogen (secondary N) is 2. The molecule has 0 bridgehead atoms. The van der Waals surface area contributed by atoms with Gasteiger partial charge in [0.2, 0.25) is 0 Å². The lowest BCUT2D eigenvalue weighted by Gasteiger charge is -2.16. The van der Waals surface area contributed by atoms with Crippen LogP contribution in [0.4, 0.5) is 13.2 Å². The number of rotatable bonds is 5. The van der Waals surface area contributed by atoms with Gasteiger partial charge in [0, 0.05) is 26.7 Å². The van der Waals surface area contributed by atoms with E-state index in [1.807, 2.05) is 0 Å². The largest absolute Gasteiger partial charge is 0.416 e. The van der Waals surface area contributed by atoms with Crippen LogP contribution in [-0.4, -0.2) is 44.1 Å². The minimum absolute atomic E-state index is 0. The van der Waals surface area contributed by atoms with Crippen LogP contribution in [0.3, 0.4) is 0 Å². The molecule has 1 aromatic rings. The summed E-state index contributed by atoms with van der Waals surface area (Å²) in [6.07, 6.45) is -3.12. The molecular weight excluding hydrogens is 444 g/mol. The highest BCUT2D eigenvalue weighted by atomic mass is 127. The van der Waals surface area contributed by atoms with E-state index in [-0.39, 0.29) is 24.0 Å². The molecule has 2 rings (SSSR count). The SMILES string of the molecule is CCN1CCC(CNC(=NC)NCc2ccc(C(F)(F)F)cc2)C1.I. The van der Waals surface area contributed by atoms with Gasteiger partial charge in [-0.3, -0.25) is 4.99 Å². The average Bonchev–Trinajstić information content (AvgIpc) is 3.02. The lowest BCUT2D eigenvalue weighted by Crippen LogP contribution is -2.39. The molecule has 4 nitrogen and oxygen atoms in total. The third-order valence-electron chi connectivity index (χ3n) is 4.34. The molecule has 1 heterocycles. The van der Waals surface area contributed by atoms with E-state index in [2.05, 4.69) is 27.4 Å². The molecule has 1 aliphatic heterocycles. The summed E-state index contributed by atoms with van der Waals surface area (Å²) >= 11 is 0. The Balaban J connectivity index is 0.00000312. The summed E-state index contributed by atoms with van der Waals surface area (Å²) in [5.74, 6) is 1.28. The number of guanidine groups is 1. The Morgan fingerprint density at radius 3 is 2.44 bits per heavy atom. The van der Waals surface area contributed by atoms with E-state index in [1.54, 1.807) is 7.05 Å². The standard InChI is InChI=1S/C17H25F3N4.HI/c1-3-24-9-8-14(12-24)11-23-16(21-2)22-10-13-4-6-15(7-5-13)17(18,19)20;/h4-7,14H,3,8-12H2,1-2H3,(H2,21,22,23);1H. The van der Waals surface area contributed by atoms with E-state index in [4.69, 9.17) is 0 Å². The first-order chi connectivity index (χ1) is 11.4. The van der Waals surface area contributed by atoms with Gasteiger partial charge in [-0.05, 0) is 43.1 Å². The van der Waals surface area contributed by atoms with Gasteiger partial charge in [0.1, 0.15) is 0 Å². The van der Waals surface area contributed by atoms with Crippen molar-refractivity contribution in [3.8, 4) is 0 Å². The van der Waals surface area contributed by atoms with Crippen LogP contribution < -0.4 is 10.6 Å². The summed E-state index contributed by atoms with van der Waals surface area (Å²) in [5, 5.41) is 6.43. The smallest absolute Gasteiger partial charge is 0.356 e. The molecule has 0 aliphatic carbocycles. The quantitative estimate of drug-likeness (QED) is 0.394. The molecule has 2 N–H and O–H groups in total. The van der Waals surface area contributed by atoms with Crippen molar-refractivity contribution < 1.29 is 13.2 Å². The normalized spacial score (nSPS) is 18.8. The van der Waals surface area contributed by atoms with Crippen LogP contribution in [0.15, 0.2) is 29.3 Å². The molecule has 0 amide bonds. The van der Waals surface area contributed by atoms with Crippen molar-refractivity contribution in [1.29, 1.82) is 0 Å². The molecule has 8 heteroatoms. The maximum atomic E-state index is 12.5.